The fraction of sp³-hybridized carbons (Fsp3) is 0.700. The summed E-state index contributed by atoms with van der Waals surface area (Å²) in [7, 11) is 3.55. The van der Waals surface area contributed by atoms with Crippen molar-refractivity contribution in [2.75, 3.05) is 51.4 Å². The Morgan fingerprint density at radius 2 is 2.33 bits per heavy atom. The maximum absolute atomic E-state index is 5.62. The molecule has 8 nitrogen and oxygen atoms in total. The molecule has 3 N–H and O–H groups in total. The van der Waals surface area contributed by atoms with Gasteiger partial charge in [0.05, 0.1) is 19.8 Å². The molecule has 1 unspecified atom stereocenters. The lowest BCUT2D eigenvalue weighted by atomic mass is 10.3. The minimum Gasteiger partial charge on any atom is -0.467 e. The van der Waals surface area contributed by atoms with E-state index >= 15 is 0 Å². The minimum atomic E-state index is 0.118. The van der Waals surface area contributed by atoms with E-state index in [9.17, 15) is 0 Å². The van der Waals surface area contributed by atoms with Crippen molar-refractivity contribution in [3.05, 3.63) is 0 Å². The number of anilines is 2. The van der Waals surface area contributed by atoms with Crippen molar-refractivity contribution in [1.82, 2.24) is 19.9 Å². The zero-order chi connectivity index (χ0) is 13.0. The van der Waals surface area contributed by atoms with Gasteiger partial charge in [0.1, 0.15) is 0 Å². The lowest BCUT2D eigenvalue weighted by molar-refractivity contribution is -0.0118. The van der Waals surface area contributed by atoms with Crippen LogP contribution >= 0.6 is 0 Å². The second-order valence-corrected chi connectivity index (χ2v) is 4.14. The lowest BCUT2D eigenvalue weighted by Gasteiger charge is -2.30. The SMILES string of the molecule is COc1nc(N)nc(NCC2CN(C)CCO2)n1. The standard InChI is InChI=1S/C10H18N6O2/c1-16-3-4-18-7(6-16)5-12-9-13-8(11)14-10(15-9)17-2/h7H,3-6H2,1-2H3,(H3,11,12,13,14,15). The number of likely N-dealkylation sites (N-methyl/N-ethyl adjacent to an activating group) is 1. The number of hydrogen-bond acceptors (Lipinski definition) is 8. The van der Waals surface area contributed by atoms with Crippen molar-refractivity contribution in [3.63, 3.8) is 0 Å². The maximum atomic E-state index is 5.62. The van der Waals surface area contributed by atoms with Crippen LogP contribution < -0.4 is 15.8 Å². The molecule has 1 saturated heterocycles. The van der Waals surface area contributed by atoms with Crippen molar-refractivity contribution < 1.29 is 9.47 Å². The number of nitrogens with zero attached hydrogens (tertiary/aromatic N) is 4. The summed E-state index contributed by atoms with van der Waals surface area (Å²) in [6.07, 6.45) is 0.118. The molecule has 1 aromatic heterocycles. The molecule has 1 aromatic rings. The van der Waals surface area contributed by atoms with Crippen LogP contribution in [-0.4, -0.2) is 66.4 Å². The predicted octanol–water partition coefficient (Wildman–Crippen LogP) is -0.795. The van der Waals surface area contributed by atoms with Crippen LogP contribution in [0.3, 0.4) is 0 Å². The monoisotopic (exact) mass is 254 g/mol. The Morgan fingerprint density at radius 3 is 3.06 bits per heavy atom. The smallest absolute Gasteiger partial charge is 0.322 e. The van der Waals surface area contributed by atoms with Crippen LogP contribution in [0.4, 0.5) is 11.9 Å². The minimum absolute atomic E-state index is 0.118. The molecular formula is C10H18N6O2. The van der Waals surface area contributed by atoms with Crippen LogP contribution in [0, 0.1) is 0 Å². The van der Waals surface area contributed by atoms with E-state index in [2.05, 4.69) is 32.2 Å². The molecule has 1 fully saturated rings. The first-order valence-electron chi connectivity index (χ1n) is 5.77. The molecule has 2 rings (SSSR count). The van der Waals surface area contributed by atoms with Crippen LogP contribution in [0.2, 0.25) is 0 Å². The van der Waals surface area contributed by atoms with Gasteiger partial charge in [-0.25, -0.2) is 0 Å². The fourth-order valence-corrected chi connectivity index (χ4v) is 1.74. The van der Waals surface area contributed by atoms with E-state index in [0.29, 0.717) is 12.5 Å². The van der Waals surface area contributed by atoms with Gasteiger partial charge < -0.3 is 25.4 Å². The lowest BCUT2D eigenvalue weighted by Crippen LogP contribution is -2.43. The Bertz CT molecular complexity index is 402. The van der Waals surface area contributed by atoms with Gasteiger partial charge in [0.15, 0.2) is 0 Å². The summed E-state index contributed by atoms with van der Waals surface area (Å²) in [4.78, 5) is 14.1. The summed E-state index contributed by atoms with van der Waals surface area (Å²) < 4.78 is 10.5. The molecule has 0 bridgehead atoms. The van der Waals surface area contributed by atoms with Gasteiger partial charge in [-0.3, -0.25) is 0 Å². The second kappa shape index (κ2) is 5.78. The predicted molar refractivity (Wildman–Crippen MR) is 66.5 cm³/mol. The molecular weight excluding hydrogens is 236 g/mol. The molecule has 0 saturated carbocycles. The number of aromatic nitrogens is 3. The van der Waals surface area contributed by atoms with Gasteiger partial charge in [0, 0.05) is 19.6 Å². The number of nitrogens with one attached hydrogen (secondary N) is 1. The van der Waals surface area contributed by atoms with Gasteiger partial charge in [-0.05, 0) is 7.05 Å². The highest BCUT2D eigenvalue weighted by Crippen LogP contribution is 2.09. The van der Waals surface area contributed by atoms with Gasteiger partial charge in [0.2, 0.25) is 11.9 Å². The Morgan fingerprint density at radius 1 is 1.50 bits per heavy atom. The molecule has 0 spiro atoms. The topological polar surface area (TPSA) is 98.4 Å². The zero-order valence-corrected chi connectivity index (χ0v) is 10.6. The third kappa shape index (κ3) is 3.41. The van der Waals surface area contributed by atoms with Gasteiger partial charge in [0.25, 0.3) is 0 Å². The molecule has 2 heterocycles. The van der Waals surface area contributed by atoms with Crippen LogP contribution in [0.1, 0.15) is 0 Å². The molecule has 1 aliphatic heterocycles. The summed E-state index contributed by atoms with van der Waals surface area (Å²) in [5.41, 5.74) is 5.54. The number of morpholine rings is 1. The Kier molecular flexibility index (Phi) is 4.11. The molecule has 0 radical (unpaired) electrons. The van der Waals surface area contributed by atoms with Gasteiger partial charge >= 0.3 is 6.01 Å². The first kappa shape index (κ1) is 12.8. The summed E-state index contributed by atoms with van der Waals surface area (Å²) >= 11 is 0. The molecule has 18 heavy (non-hydrogen) atoms. The number of nitrogen functional groups attached to an aromatic ring is 1. The fourth-order valence-electron chi connectivity index (χ4n) is 1.74. The third-order valence-electron chi connectivity index (χ3n) is 2.64. The Labute approximate surface area is 106 Å². The van der Waals surface area contributed by atoms with Crippen molar-refractivity contribution in [2.24, 2.45) is 0 Å². The number of methoxy groups -OCH3 is 1. The second-order valence-electron chi connectivity index (χ2n) is 4.14. The quantitative estimate of drug-likeness (QED) is 0.721. The summed E-state index contributed by atoms with van der Waals surface area (Å²) in [5, 5.41) is 3.08. The van der Waals surface area contributed by atoms with Crippen molar-refractivity contribution >= 4 is 11.9 Å². The van der Waals surface area contributed by atoms with Gasteiger partial charge in [-0.2, -0.15) is 15.0 Å². The molecule has 0 amide bonds. The average molecular weight is 254 g/mol. The Hall–Kier alpha value is -1.67. The normalized spacial score (nSPS) is 20.7. The number of nitrogens with two attached hydrogens (primary N) is 1. The Balaban J connectivity index is 1.91. The highest BCUT2D eigenvalue weighted by molar-refractivity contribution is 5.32. The highest BCUT2D eigenvalue weighted by Gasteiger charge is 2.17. The molecule has 0 aliphatic carbocycles. The van der Waals surface area contributed by atoms with Crippen molar-refractivity contribution in [3.8, 4) is 6.01 Å². The van der Waals surface area contributed by atoms with Crippen molar-refractivity contribution in [2.45, 2.75) is 6.10 Å². The van der Waals surface area contributed by atoms with E-state index < -0.39 is 0 Å². The number of ether oxygens (including phenoxy) is 2. The molecule has 8 heteroatoms. The van der Waals surface area contributed by atoms with Crippen LogP contribution in [0.15, 0.2) is 0 Å². The molecule has 0 aromatic carbocycles. The highest BCUT2D eigenvalue weighted by atomic mass is 16.5. The number of rotatable bonds is 4. The largest absolute Gasteiger partial charge is 0.467 e. The average Bonchev–Trinajstić information content (AvgIpc) is 2.36. The van der Waals surface area contributed by atoms with Crippen LogP contribution in [-0.2, 0) is 4.74 Å². The summed E-state index contributed by atoms with van der Waals surface area (Å²) in [6, 6.07) is 0.201. The van der Waals surface area contributed by atoms with Crippen LogP contribution in [0.5, 0.6) is 6.01 Å². The third-order valence-corrected chi connectivity index (χ3v) is 2.64. The van der Waals surface area contributed by atoms with E-state index in [0.717, 1.165) is 19.7 Å². The van der Waals surface area contributed by atoms with E-state index in [4.69, 9.17) is 15.2 Å². The van der Waals surface area contributed by atoms with Crippen LogP contribution in [0.25, 0.3) is 0 Å². The maximum Gasteiger partial charge on any atom is 0.322 e. The molecule has 1 aliphatic rings. The van der Waals surface area contributed by atoms with Gasteiger partial charge in [-0.15, -0.1) is 0 Å². The zero-order valence-electron chi connectivity index (χ0n) is 10.6. The van der Waals surface area contributed by atoms with E-state index in [1.54, 1.807) is 0 Å². The van der Waals surface area contributed by atoms with Gasteiger partial charge in [-0.1, -0.05) is 0 Å². The summed E-state index contributed by atoms with van der Waals surface area (Å²) in [6.45, 7) is 3.20. The first-order valence-corrected chi connectivity index (χ1v) is 5.77. The molecule has 1 atom stereocenters. The van der Waals surface area contributed by atoms with E-state index in [1.807, 2.05) is 0 Å². The van der Waals surface area contributed by atoms with E-state index in [1.165, 1.54) is 7.11 Å². The number of hydrogen-bond donors (Lipinski definition) is 2. The van der Waals surface area contributed by atoms with Crippen molar-refractivity contribution in [1.29, 1.82) is 0 Å². The molecule has 100 valence electrons. The summed E-state index contributed by atoms with van der Waals surface area (Å²) in [5.74, 6) is 0.530. The van der Waals surface area contributed by atoms with E-state index in [-0.39, 0.29) is 18.1 Å². The first-order chi connectivity index (χ1) is 8.67.